The van der Waals surface area contributed by atoms with Gasteiger partial charge in [-0.05, 0) is 37.8 Å². The summed E-state index contributed by atoms with van der Waals surface area (Å²) in [5, 5.41) is 5.73. The molecule has 0 radical (unpaired) electrons. The smallest absolute Gasteiger partial charge is 0.238 e. The number of rotatable bonds is 5. The van der Waals surface area contributed by atoms with Crippen LogP contribution in [0.5, 0.6) is 0 Å². The van der Waals surface area contributed by atoms with E-state index < -0.39 is 5.82 Å². The Kier molecular flexibility index (Phi) is 5.45. The molecule has 1 aromatic carbocycles. The van der Waals surface area contributed by atoms with E-state index in [0.29, 0.717) is 0 Å². The zero-order valence-corrected chi connectivity index (χ0v) is 13.8. The Hall–Kier alpha value is -1.95. The summed E-state index contributed by atoms with van der Waals surface area (Å²) in [4.78, 5) is 26.0. The summed E-state index contributed by atoms with van der Waals surface area (Å²) >= 11 is 0. The quantitative estimate of drug-likeness (QED) is 0.868. The molecular weight excluding hydrogens is 309 g/mol. The van der Waals surface area contributed by atoms with Crippen LogP contribution in [0.4, 0.5) is 10.1 Å². The minimum atomic E-state index is -0.428. The predicted molar refractivity (Wildman–Crippen MR) is 90.0 cm³/mol. The number of carbonyl (C=O) groups excluding carboxylic acids is 2. The lowest BCUT2D eigenvalue weighted by Crippen LogP contribution is -2.48. The number of hydrogen-bond acceptors (Lipinski definition) is 3. The zero-order valence-electron chi connectivity index (χ0n) is 13.8. The van der Waals surface area contributed by atoms with Gasteiger partial charge in [0.1, 0.15) is 5.82 Å². The van der Waals surface area contributed by atoms with Crippen molar-refractivity contribution in [2.45, 2.75) is 38.1 Å². The van der Waals surface area contributed by atoms with Crippen LogP contribution in [0.3, 0.4) is 0 Å². The Labute approximate surface area is 141 Å². The molecule has 3 rings (SSSR count). The molecule has 0 unspecified atom stereocenters. The number of nitrogens with one attached hydrogen (secondary N) is 2. The van der Waals surface area contributed by atoms with Crippen LogP contribution in [-0.4, -0.2) is 42.4 Å². The third-order valence-electron chi connectivity index (χ3n) is 4.93. The summed E-state index contributed by atoms with van der Waals surface area (Å²) in [6.07, 6.45) is 4.90. The van der Waals surface area contributed by atoms with Crippen LogP contribution in [0, 0.1) is 11.7 Å². The monoisotopic (exact) mass is 333 g/mol. The van der Waals surface area contributed by atoms with Crippen LogP contribution in [-0.2, 0) is 9.59 Å². The first-order chi connectivity index (χ1) is 11.6. The zero-order chi connectivity index (χ0) is 16.9. The molecular formula is C18H24FN3O2. The second-order valence-corrected chi connectivity index (χ2v) is 6.71. The third-order valence-corrected chi connectivity index (χ3v) is 4.93. The van der Waals surface area contributed by atoms with E-state index in [0.717, 1.165) is 45.2 Å². The van der Waals surface area contributed by atoms with Gasteiger partial charge in [-0.25, -0.2) is 4.39 Å². The lowest BCUT2D eigenvalue weighted by molar-refractivity contribution is -0.128. The van der Waals surface area contributed by atoms with E-state index in [2.05, 4.69) is 10.6 Å². The molecule has 1 aliphatic carbocycles. The van der Waals surface area contributed by atoms with Crippen molar-refractivity contribution in [2.75, 3.05) is 25.0 Å². The number of benzene rings is 1. The lowest BCUT2D eigenvalue weighted by atomic mass is 9.84. The van der Waals surface area contributed by atoms with Gasteiger partial charge in [-0.3, -0.25) is 14.5 Å². The van der Waals surface area contributed by atoms with E-state index in [1.165, 1.54) is 6.07 Å². The first kappa shape index (κ1) is 16.9. The Bertz CT molecular complexity index is 596. The molecule has 2 amide bonds. The molecule has 6 heteroatoms. The van der Waals surface area contributed by atoms with E-state index in [1.807, 2.05) is 4.90 Å². The van der Waals surface area contributed by atoms with Crippen LogP contribution in [0.25, 0.3) is 0 Å². The van der Waals surface area contributed by atoms with E-state index >= 15 is 0 Å². The van der Waals surface area contributed by atoms with Crippen LogP contribution < -0.4 is 10.6 Å². The van der Waals surface area contributed by atoms with Crippen molar-refractivity contribution in [3.05, 3.63) is 30.1 Å². The van der Waals surface area contributed by atoms with Gasteiger partial charge in [-0.1, -0.05) is 18.6 Å². The highest BCUT2D eigenvalue weighted by Gasteiger charge is 2.28. The predicted octanol–water partition coefficient (Wildman–Crippen LogP) is 2.14. The highest BCUT2D eigenvalue weighted by molar-refractivity contribution is 5.92. The first-order valence-electron chi connectivity index (χ1n) is 8.69. The Morgan fingerprint density at radius 2 is 1.83 bits per heavy atom. The molecule has 1 heterocycles. The molecule has 1 saturated carbocycles. The molecule has 5 nitrogen and oxygen atoms in total. The Balaban J connectivity index is 1.39. The van der Waals surface area contributed by atoms with Crippen molar-refractivity contribution < 1.29 is 14.0 Å². The number of piperidine rings is 1. The first-order valence-corrected chi connectivity index (χ1v) is 8.69. The average molecular weight is 333 g/mol. The molecule has 0 spiro atoms. The molecule has 2 fully saturated rings. The van der Waals surface area contributed by atoms with Crippen molar-refractivity contribution in [2.24, 2.45) is 5.92 Å². The number of nitrogens with zero attached hydrogens (tertiary/aromatic N) is 1. The molecule has 0 atom stereocenters. The second kappa shape index (κ2) is 7.75. The standard InChI is InChI=1S/C18H24FN3O2/c19-15-6-1-2-7-16(15)21-17(23)12-22-10-8-14(9-11-22)20-18(24)13-4-3-5-13/h1-2,6-7,13-14H,3-5,8-12H2,(H,20,24)(H,21,23). The van der Waals surface area contributed by atoms with Crippen LogP contribution in [0.15, 0.2) is 24.3 Å². The fourth-order valence-corrected chi connectivity index (χ4v) is 3.18. The summed E-state index contributed by atoms with van der Waals surface area (Å²) < 4.78 is 13.5. The van der Waals surface area contributed by atoms with Gasteiger partial charge in [-0.2, -0.15) is 0 Å². The maximum atomic E-state index is 13.5. The topological polar surface area (TPSA) is 61.4 Å². The molecule has 1 aliphatic heterocycles. The molecule has 0 bridgehead atoms. The molecule has 1 aromatic rings. The lowest BCUT2D eigenvalue weighted by Gasteiger charge is -2.33. The Morgan fingerprint density at radius 3 is 2.46 bits per heavy atom. The van der Waals surface area contributed by atoms with E-state index in [-0.39, 0.29) is 36.0 Å². The molecule has 2 N–H and O–H groups in total. The summed E-state index contributed by atoms with van der Waals surface area (Å²) in [7, 11) is 0. The van der Waals surface area contributed by atoms with Gasteiger partial charge in [0.2, 0.25) is 11.8 Å². The molecule has 2 aliphatic rings. The van der Waals surface area contributed by atoms with Crippen molar-refractivity contribution in [3.8, 4) is 0 Å². The van der Waals surface area contributed by atoms with Crippen molar-refractivity contribution in [1.82, 2.24) is 10.2 Å². The number of carbonyl (C=O) groups is 2. The fraction of sp³-hybridized carbons (Fsp3) is 0.556. The maximum Gasteiger partial charge on any atom is 0.238 e. The van der Waals surface area contributed by atoms with Crippen LogP contribution >= 0.6 is 0 Å². The van der Waals surface area contributed by atoms with Crippen molar-refractivity contribution >= 4 is 17.5 Å². The SMILES string of the molecule is O=C(CN1CCC(NC(=O)C2CCC2)CC1)Nc1ccccc1F. The van der Waals surface area contributed by atoms with E-state index in [9.17, 15) is 14.0 Å². The average Bonchev–Trinajstić information content (AvgIpc) is 2.50. The number of para-hydroxylation sites is 1. The number of hydrogen-bond donors (Lipinski definition) is 2. The van der Waals surface area contributed by atoms with Crippen LogP contribution in [0.1, 0.15) is 32.1 Å². The minimum Gasteiger partial charge on any atom is -0.353 e. The molecule has 1 saturated heterocycles. The van der Waals surface area contributed by atoms with Gasteiger partial charge < -0.3 is 10.6 Å². The molecule has 0 aromatic heterocycles. The maximum absolute atomic E-state index is 13.5. The van der Waals surface area contributed by atoms with Gasteiger partial charge in [0, 0.05) is 25.0 Å². The summed E-state index contributed by atoms with van der Waals surface area (Å²) in [5.74, 6) is -0.230. The summed E-state index contributed by atoms with van der Waals surface area (Å²) in [6, 6.07) is 6.37. The van der Waals surface area contributed by atoms with Crippen LogP contribution in [0.2, 0.25) is 0 Å². The number of amides is 2. The molecule has 130 valence electrons. The number of halogens is 1. The van der Waals surface area contributed by atoms with Gasteiger partial charge >= 0.3 is 0 Å². The fourth-order valence-electron chi connectivity index (χ4n) is 3.18. The number of likely N-dealkylation sites (tertiary alicyclic amines) is 1. The van der Waals surface area contributed by atoms with Crippen molar-refractivity contribution in [1.29, 1.82) is 0 Å². The highest BCUT2D eigenvalue weighted by atomic mass is 19.1. The van der Waals surface area contributed by atoms with Gasteiger partial charge in [-0.15, -0.1) is 0 Å². The molecule has 24 heavy (non-hydrogen) atoms. The van der Waals surface area contributed by atoms with Gasteiger partial charge in [0.25, 0.3) is 0 Å². The summed E-state index contributed by atoms with van der Waals surface area (Å²) in [6.45, 7) is 1.78. The largest absolute Gasteiger partial charge is 0.353 e. The van der Waals surface area contributed by atoms with Crippen molar-refractivity contribution in [3.63, 3.8) is 0 Å². The van der Waals surface area contributed by atoms with Gasteiger partial charge in [0.15, 0.2) is 0 Å². The summed E-state index contributed by atoms with van der Waals surface area (Å²) in [5.41, 5.74) is 0.213. The third kappa shape index (κ3) is 4.32. The van der Waals surface area contributed by atoms with E-state index in [1.54, 1.807) is 18.2 Å². The number of anilines is 1. The van der Waals surface area contributed by atoms with E-state index in [4.69, 9.17) is 0 Å². The second-order valence-electron chi connectivity index (χ2n) is 6.71. The normalized spacial score (nSPS) is 19.5. The van der Waals surface area contributed by atoms with Gasteiger partial charge in [0.05, 0.1) is 12.2 Å². The minimum absolute atomic E-state index is 0.192. The Morgan fingerprint density at radius 1 is 1.12 bits per heavy atom. The highest BCUT2D eigenvalue weighted by Crippen LogP contribution is 2.26.